The second-order valence-electron chi connectivity index (χ2n) is 6.26. The number of hydrogen-bond acceptors (Lipinski definition) is 6. The number of anilines is 1. The molecule has 0 saturated heterocycles. The fourth-order valence-corrected chi connectivity index (χ4v) is 4.11. The van der Waals surface area contributed by atoms with E-state index in [4.69, 9.17) is 9.15 Å². The first-order chi connectivity index (χ1) is 13.0. The van der Waals surface area contributed by atoms with Gasteiger partial charge in [0.2, 0.25) is 5.89 Å². The summed E-state index contributed by atoms with van der Waals surface area (Å²) in [4.78, 5) is 0.198. The molecule has 0 amide bonds. The van der Waals surface area contributed by atoms with Gasteiger partial charge in [-0.2, -0.15) is 0 Å². The summed E-state index contributed by atoms with van der Waals surface area (Å²) in [6, 6.07) is 12.2. The minimum Gasteiger partial charge on any atom is -0.494 e. The van der Waals surface area contributed by atoms with E-state index in [1.165, 1.54) is 5.56 Å². The molecule has 0 atom stereocenters. The summed E-state index contributed by atoms with van der Waals surface area (Å²) in [5.74, 6) is 0.961. The number of fused-ring (bicyclic) bond motifs is 1. The zero-order valence-corrected chi connectivity index (χ0v) is 15.6. The first-order valence-corrected chi connectivity index (χ1v) is 10.2. The van der Waals surface area contributed by atoms with Crippen molar-refractivity contribution in [3.63, 3.8) is 0 Å². The summed E-state index contributed by atoms with van der Waals surface area (Å²) in [7, 11) is -3.78. The standard InChI is InChI=1S/C19H19N3O4S/c1-2-25-16-9-6-14(7-10-16)18-20-21-19(26-18)22-27(23,24)17-11-8-13-4-3-5-15(13)12-17/h6-12H,2-5H2,1H3,(H,21,22). The zero-order chi connectivity index (χ0) is 18.9. The first kappa shape index (κ1) is 17.5. The Balaban J connectivity index is 1.53. The van der Waals surface area contributed by atoms with Gasteiger partial charge in [-0.05, 0) is 73.7 Å². The zero-order valence-electron chi connectivity index (χ0n) is 14.8. The van der Waals surface area contributed by atoms with Crippen molar-refractivity contribution in [1.29, 1.82) is 0 Å². The third-order valence-corrected chi connectivity index (χ3v) is 5.76. The smallest absolute Gasteiger partial charge is 0.330 e. The van der Waals surface area contributed by atoms with E-state index >= 15 is 0 Å². The quantitative estimate of drug-likeness (QED) is 0.699. The lowest BCUT2D eigenvalue weighted by Crippen LogP contribution is -2.13. The SMILES string of the molecule is CCOc1ccc(-c2nnc(NS(=O)(=O)c3ccc4c(c3)CCC4)o2)cc1. The predicted octanol–water partition coefficient (Wildman–Crippen LogP) is 3.42. The van der Waals surface area contributed by atoms with Gasteiger partial charge in [0.1, 0.15) is 5.75 Å². The molecule has 1 heterocycles. The molecule has 0 unspecified atom stereocenters. The van der Waals surface area contributed by atoms with Crippen LogP contribution < -0.4 is 9.46 Å². The van der Waals surface area contributed by atoms with Crippen LogP contribution in [0.1, 0.15) is 24.5 Å². The van der Waals surface area contributed by atoms with Crippen LogP contribution in [0.15, 0.2) is 51.8 Å². The lowest BCUT2D eigenvalue weighted by atomic mass is 10.1. The Labute approximate surface area is 157 Å². The molecule has 140 valence electrons. The molecule has 1 aliphatic rings. The molecule has 1 aliphatic carbocycles. The molecule has 0 fully saturated rings. The number of aryl methyl sites for hydroxylation is 2. The summed E-state index contributed by atoms with van der Waals surface area (Å²) < 4.78 is 38.4. The van der Waals surface area contributed by atoms with Crippen molar-refractivity contribution in [3.05, 3.63) is 53.6 Å². The first-order valence-electron chi connectivity index (χ1n) is 8.76. The Morgan fingerprint density at radius 2 is 1.85 bits per heavy atom. The Kier molecular flexibility index (Phi) is 4.57. The summed E-state index contributed by atoms with van der Waals surface area (Å²) in [5.41, 5.74) is 2.97. The topological polar surface area (TPSA) is 94.3 Å². The highest BCUT2D eigenvalue weighted by molar-refractivity contribution is 7.92. The maximum atomic E-state index is 12.6. The van der Waals surface area contributed by atoms with Gasteiger partial charge in [-0.3, -0.25) is 0 Å². The van der Waals surface area contributed by atoms with Crippen LogP contribution >= 0.6 is 0 Å². The van der Waals surface area contributed by atoms with Crippen LogP contribution in [0.5, 0.6) is 5.75 Å². The van der Waals surface area contributed by atoms with E-state index in [2.05, 4.69) is 14.9 Å². The molecule has 3 aromatic rings. The van der Waals surface area contributed by atoms with E-state index in [9.17, 15) is 8.42 Å². The van der Waals surface area contributed by atoms with Gasteiger partial charge in [0.05, 0.1) is 11.5 Å². The Morgan fingerprint density at radius 1 is 1.07 bits per heavy atom. The Morgan fingerprint density at radius 3 is 2.63 bits per heavy atom. The van der Waals surface area contributed by atoms with E-state index in [0.717, 1.165) is 30.6 Å². The predicted molar refractivity (Wildman–Crippen MR) is 100 cm³/mol. The lowest BCUT2D eigenvalue weighted by molar-refractivity contribution is 0.340. The molecule has 0 aliphatic heterocycles. The van der Waals surface area contributed by atoms with Crippen molar-refractivity contribution >= 4 is 16.0 Å². The highest BCUT2D eigenvalue weighted by Gasteiger charge is 2.21. The van der Waals surface area contributed by atoms with Crippen molar-refractivity contribution in [2.24, 2.45) is 0 Å². The minimum absolute atomic E-state index is 0.167. The van der Waals surface area contributed by atoms with Crippen molar-refractivity contribution in [1.82, 2.24) is 10.2 Å². The van der Waals surface area contributed by atoms with Gasteiger partial charge in [-0.25, -0.2) is 13.1 Å². The van der Waals surface area contributed by atoms with E-state index in [0.29, 0.717) is 12.2 Å². The van der Waals surface area contributed by atoms with Crippen LogP contribution in [-0.2, 0) is 22.9 Å². The molecule has 1 aromatic heterocycles. The van der Waals surface area contributed by atoms with E-state index < -0.39 is 10.0 Å². The average Bonchev–Trinajstić information content (AvgIpc) is 3.31. The third-order valence-electron chi connectivity index (χ3n) is 4.44. The lowest BCUT2D eigenvalue weighted by Gasteiger charge is -2.06. The molecule has 2 aromatic carbocycles. The van der Waals surface area contributed by atoms with Crippen LogP contribution in [0.25, 0.3) is 11.5 Å². The number of ether oxygens (including phenoxy) is 1. The van der Waals surface area contributed by atoms with Gasteiger partial charge in [0.25, 0.3) is 10.0 Å². The molecule has 0 spiro atoms. The van der Waals surface area contributed by atoms with Crippen LogP contribution in [0.2, 0.25) is 0 Å². The van der Waals surface area contributed by atoms with Crippen molar-refractivity contribution in [3.8, 4) is 17.2 Å². The van der Waals surface area contributed by atoms with Gasteiger partial charge in [-0.15, -0.1) is 5.10 Å². The number of nitrogens with one attached hydrogen (secondary N) is 1. The molecule has 7 nitrogen and oxygen atoms in total. The summed E-state index contributed by atoms with van der Waals surface area (Å²) in [6.45, 7) is 2.49. The normalized spacial score (nSPS) is 13.4. The van der Waals surface area contributed by atoms with Gasteiger partial charge in [-0.1, -0.05) is 11.2 Å². The summed E-state index contributed by atoms with van der Waals surface area (Å²) in [5, 5.41) is 7.71. The largest absolute Gasteiger partial charge is 0.494 e. The fraction of sp³-hybridized carbons (Fsp3) is 0.263. The van der Waals surface area contributed by atoms with Gasteiger partial charge in [0, 0.05) is 5.56 Å². The summed E-state index contributed by atoms with van der Waals surface area (Å²) >= 11 is 0. The molecule has 1 N–H and O–H groups in total. The van der Waals surface area contributed by atoms with Crippen LogP contribution in [0.4, 0.5) is 6.01 Å². The average molecular weight is 385 g/mol. The minimum atomic E-state index is -3.78. The van der Waals surface area contributed by atoms with E-state index in [-0.39, 0.29) is 16.8 Å². The maximum absolute atomic E-state index is 12.6. The van der Waals surface area contributed by atoms with E-state index in [1.54, 1.807) is 36.4 Å². The van der Waals surface area contributed by atoms with E-state index in [1.807, 2.05) is 13.0 Å². The number of nitrogens with zero attached hydrogens (tertiary/aromatic N) is 2. The maximum Gasteiger partial charge on any atom is 0.330 e. The van der Waals surface area contributed by atoms with Crippen molar-refractivity contribution < 1.29 is 17.6 Å². The van der Waals surface area contributed by atoms with Gasteiger partial charge in [0.15, 0.2) is 0 Å². The van der Waals surface area contributed by atoms with Crippen LogP contribution in [-0.4, -0.2) is 25.2 Å². The van der Waals surface area contributed by atoms with Crippen molar-refractivity contribution in [2.45, 2.75) is 31.1 Å². The Hall–Kier alpha value is -2.87. The second kappa shape index (κ2) is 7.03. The molecule has 0 bridgehead atoms. The molecule has 4 rings (SSSR count). The fourth-order valence-electron chi connectivity index (χ4n) is 3.13. The van der Waals surface area contributed by atoms with Gasteiger partial charge >= 0.3 is 6.01 Å². The van der Waals surface area contributed by atoms with Crippen molar-refractivity contribution in [2.75, 3.05) is 11.3 Å². The third kappa shape index (κ3) is 3.66. The monoisotopic (exact) mass is 385 g/mol. The highest BCUT2D eigenvalue weighted by atomic mass is 32.2. The Bertz CT molecular complexity index is 1060. The number of benzene rings is 2. The molecular weight excluding hydrogens is 366 g/mol. The number of aromatic nitrogens is 2. The van der Waals surface area contributed by atoms with Crippen LogP contribution in [0, 0.1) is 0 Å². The molecule has 27 heavy (non-hydrogen) atoms. The van der Waals surface area contributed by atoms with Gasteiger partial charge < -0.3 is 9.15 Å². The highest BCUT2D eigenvalue weighted by Crippen LogP contribution is 2.27. The van der Waals surface area contributed by atoms with Crippen LogP contribution in [0.3, 0.4) is 0 Å². The molecule has 8 heteroatoms. The molecule has 0 saturated carbocycles. The number of rotatable bonds is 6. The summed E-state index contributed by atoms with van der Waals surface area (Å²) in [6.07, 6.45) is 2.96. The molecular formula is C19H19N3O4S. The molecule has 0 radical (unpaired) electrons. The second-order valence-corrected chi connectivity index (χ2v) is 7.94. The number of sulfonamides is 1. The number of hydrogen-bond donors (Lipinski definition) is 1.